The zero-order valence-corrected chi connectivity index (χ0v) is 25.5. The molecule has 0 aromatic carbocycles. The van der Waals surface area contributed by atoms with Crippen LogP contribution in [0.15, 0.2) is 24.8 Å². The number of rotatable bonds is 10. The lowest BCUT2D eigenvalue weighted by Gasteiger charge is -2.68. The predicted octanol–water partition coefficient (Wildman–Crippen LogP) is 9.34. The van der Waals surface area contributed by atoms with Gasteiger partial charge in [-0.2, -0.15) is 12.6 Å². The lowest BCUT2D eigenvalue weighted by atomic mass is 9.37. The number of unbranched alkanes of at least 4 members (excludes halogenated alkanes) is 1. The largest absolute Gasteiger partial charge is 0.327 e. The quantitative estimate of drug-likeness (QED) is 0.226. The highest BCUT2D eigenvalue weighted by molar-refractivity contribution is 7.80. The van der Waals surface area contributed by atoms with Crippen molar-refractivity contribution < 1.29 is 0 Å². The van der Waals surface area contributed by atoms with Crippen LogP contribution in [0.4, 0.5) is 0 Å². The van der Waals surface area contributed by atoms with Gasteiger partial charge in [0.2, 0.25) is 0 Å². The SMILES string of the molecule is C=CC1CC2C(C)(CCCC)C(CS)CCC2(C)C2(C)CCC(C(C)(C)CC(N)C(C)C(=C)C)C12. The van der Waals surface area contributed by atoms with E-state index in [9.17, 15) is 0 Å². The van der Waals surface area contributed by atoms with Crippen LogP contribution in [0.25, 0.3) is 0 Å². The summed E-state index contributed by atoms with van der Waals surface area (Å²) in [5.74, 6) is 4.97. The van der Waals surface area contributed by atoms with Crippen LogP contribution in [0.1, 0.15) is 113 Å². The highest BCUT2D eigenvalue weighted by Crippen LogP contribution is 2.75. The zero-order chi connectivity index (χ0) is 26.4. The Morgan fingerprint density at radius 2 is 1.80 bits per heavy atom. The average Bonchev–Trinajstić information content (AvgIpc) is 3.17. The van der Waals surface area contributed by atoms with Crippen LogP contribution >= 0.6 is 12.6 Å². The lowest BCUT2D eigenvalue weighted by molar-refractivity contribution is -0.187. The van der Waals surface area contributed by atoms with Crippen LogP contribution in [0.2, 0.25) is 0 Å². The van der Waals surface area contributed by atoms with Gasteiger partial charge < -0.3 is 5.73 Å². The third-order valence-electron chi connectivity index (χ3n) is 12.7. The Kier molecular flexibility index (Phi) is 8.81. The molecule has 202 valence electrons. The number of nitrogens with two attached hydrogens (primary N) is 1. The molecular weight excluding hydrogens is 442 g/mol. The first-order chi connectivity index (χ1) is 16.2. The fourth-order valence-electron chi connectivity index (χ4n) is 9.96. The molecule has 0 aliphatic heterocycles. The fraction of sp³-hybridized carbons (Fsp3) is 0.879. The number of thiol groups is 1. The number of fused-ring (bicyclic) bond motifs is 3. The van der Waals surface area contributed by atoms with Crippen molar-refractivity contribution in [1.82, 2.24) is 0 Å². The number of hydrogen-bond donors (Lipinski definition) is 2. The summed E-state index contributed by atoms with van der Waals surface area (Å²) in [4.78, 5) is 0. The predicted molar refractivity (Wildman–Crippen MR) is 159 cm³/mol. The molecule has 0 saturated heterocycles. The molecule has 2 heteroatoms. The van der Waals surface area contributed by atoms with Crippen molar-refractivity contribution in [3.05, 3.63) is 24.8 Å². The van der Waals surface area contributed by atoms with Crippen molar-refractivity contribution in [2.24, 2.45) is 62.9 Å². The van der Waals surface area contributed by atoms with Crippen LogP contribution in [0.3, 0.4) is 0 Å². The van der Waals surface area contributed by atoms with Crippen LogP contribution in [-0.4, -0.2) is 11.8 Å². The van der Waals surface area contributed by atoms with Gasteiger partial charge >= 0.3 is 0 Å². The summed E-state index contributed by atoms with van der Waals surface area (Å²) < 4.78 is 0. The molecule has 3 aliphatic rings. The van der Waals surface area contributed by atoms with Crippen LogP contribution in [0.5, 0.6) is 0 Å². The summed E-state index contributed by atoms with van der Waals surface area (Å²) in [5.41, 5.74) is 9.41. The highest BCUT2D eigenvalue weighted by atomic mass is 32.1. The molecule has 3 aliphatic carbocycles. The molecule has 3 fully saturated rings. The molecule has 3 rings (SSSR count). The van der Waals surface area contributed by atoms with Crippen molar-refractivity contribution in [1.29, 1.82) is 0 Å². The van der Waals surface area contributed by atoms with Gasteiger partial charge in [-0.05, 0) is 115 Å². The molecule has 3 saturated carbocycles. The third kappa shape index (κ3) is 4.75. The highest BCUT2D eigenvalue weighted by Gasteiger charge is 2.68. The van der Waals surface area contributed by atoms with Crippen molar-refractivity contribution in [2.45, 2.75) is 119 Å². The standard InChI is InChI=1S/C33H59NS/c1-11-13-16-31(8)25(21-35)14-17-32(9)28(31)19-24(12-2)29-26(15-18-33(29,32)10)30(6,7)20-27(34)23(5)22(3)4/h12,23-29,35H,2-3,11,13-21,34H2,1,4-10H3. The molecule has 2 N–H and O–H groups in total. The molecule has 0 bridgehead atoms. The maximum Gasteiger partial charge on any atom is 0.0107 e. The monoisotopic (exact) mass is 501 g/mol. The van der Waals surface area contributed by atoms with Gasteiger partial charge in [-0.15, -0.1) is 6.58 Å². The summed E-state index contributed by atoms with van der Waals surface area (Å²) in [7, 11) is 0. The minimum atomic E-state index is 0.187. The molecular formula is C33H59NS. The van der Waals surface area contributed by atoms with Crippen LogP contribution in [-0.2, 0) is 0 Å². The van der Waals surface area contributed by atoms with Gasteiger partial charge in [0.1, 0.15) is 0 Å². The molecule has 35 heavy (non-hydrogen) atoms. The van der Waals surface area contributed by atoms with Gasteiger partial charge in [0.05, 0.1) is 0 Å². The Labute approximate surface area is 225 Å². The first-order valence-corrected chi connectivity index (χ1v) is 15.5. The van der Waals surface area contributed by atoms with E-state index in [-0.39, 0.29) is 11.5 Å². The van der Waals surface area contributed by atoms with Crippen molar-refractivity contribution in [3.8, 4) is 0 Å². The molecule has 0 spiro atoms. The Hall–Kier alpha value is -0.210. The van der Waals surface area contributed by atoms with Gasteiger partial charge in [-0.3, -0.25) is 0 Å². The Bertz CT molecular complexity index is 771. The second-order valence-corrected chi connectivity index (χ2v) is 15.1. The van der Waals surface area contributed by atoms with E-state index in [0.29, 0.717) is 39.9 Å². The van der Waals surface area contributed by atoms with E-state index in [1.54, 1.807) is 0 Å². The second kappa shape index (κ2) is 10.5. The minimum absolute atomic E-state index is 0.187. The van der Waals surface area contributed by atoms with Crippen LogP contribution in [0, 0.1) is 57.2 Å². The molecule has 0 aromatic rings. The molecule has 0 aromatic heterocycles. The van der Waals surface area contributed by atoms with Gasteiger partial charge in [0.25, 0.3) is 0 Å². The molecule has 1 nitrogen and oxygen atoms in total. The van der Waals surface area contributed by atoms with Crippen LogP contribution < -0.4 is 5.73 Å². The normalized spacial score (nSPS) is 43.2. The van der Waals surface area contributed by atoms with E-state index in [1.165, 1.54) is 56.9 Å². The number of allylic oxidation sites excluding steroid dienone is 1. The van der Waals surface area contributed by atoms with Gasteiger partial charge in [0.15, 0.2) is 0 Å². The van der Waals surface area contributed by atoms with Crippen molar-refractivity contribution >= 4 is 12.6 Å². The molecule has 10 unspecified atom stereocenters. The minimum Gasteiger partial charge on any atom is -0.327 e. The summed E-state index contributed by atoms with van der Waals surface area (Å²) in [6, 6.07) is 0.187. The summed E-state index contributed by atoms with van der Waals surface area (Å²) in [6.45, 7) is 28.5. The first-order valence-electron chi connectivity index (χ1n) is 14.9. The van der Waals surface area contributed by atoms with E-state index in [0.717, 1.165) is 24.0 Å². The molecule has 0 radical (unpaired) electrons. The van der Waals surface area contributed by atoms with E-state index in [2.05, 4.69) is 74.6 Å². The average molecular weight is 502 g/mol. The lowest BCUT2D eigenvalue weighted by Crippen LogP contribution is -2.62. The van der Waals surface area contributed by atoms with E-state index < -0.39 is 0 Å². The maximum absolute atomic E-state index is 6.80. The Balaban J connectivity index is 1.99. The Morgan fingerprint density at radius 1 is 1.17 bits per heavy atom. The topological polar surface area (TPSA) is 26.0 Å². The van der Waals surface area contributed by atoms with Crippen molar-refractivity contribution in [3.63, 3.8) is 0 Å². The number of hydrogen-bond acceptors (Lipinski definition) is 2. The van der Waals surface area contributed by atoms with Crippen molar-refractivity contribution in [2.75, 3.05) is 5.75 Å². The Morgan fingerprint density at radius 3 is 2.34 bits per heavy atom. The van der Waals surface area contributed by atoms with E-state index in [1.807, 2.05) is 0 Å². The summed E-state index contributed by atoms with van der Waals surface area (Å²) in [6.07, 6.45) is 14.2. The first kappa shape index (κ1) is 29.3. The summed E-state index contributed by atoms with van der Waals surface area (Å²) >= 11 is 4.90. The molecule has 0 heterocycles. The molecule has 10 atom stereocenters. The second-order valence-electron chi connectivity index (χ2n) is 14.7. The molecule has 0 amide bonds. The van der Waals surface area contributed by atoms with E-state index >= 15 is 0 Å². The van der Waals surface area contributed by atoms with Gasteiger partial charge in [0, 0.05) is 6.04 Å². The van der Waals surface area contributed by atoms with Gasteiger partial charge in [-0.25, -0.2) is 0 Å². The summed E-state index contributed by atoms with van der Waals surface area (Å²) in [5, 5.41) is 0. The van der Waals surface area contributed by atoms with Gasteiger partial charge in [-0.1, -0.05) is 79.5 Å². The smallest absolute Gasteiger partial charge is 0.0107 e. The third-order valence-corrected chi connectivity index (χ3v) is 13.1. The van der Waals surface area contributed by atoms with E-state index in [4.69, 9.17) is 18.4 Å². The maximum atomic E-state index is 6.80. The fourth-order valence-corrected chi connectivity index (χ4v) is 10.6. The zero-order valence-electron chi connectivity index (χ0n) is 24.6.